The van der Waals surface area contributed by atoms with E-state index in [4.69, 9.17) is 19.3 Å². The van der Waals surface area contributed by atoms with E-state index in [-0.39, 0.29) is 12.2 Å². The summed E-state index contributed by atoms with van der Waals surface area (Å²) in [5.41, 5.74) is 1.89. The average Bonchev–Trinajstić information content (AvgIpc) is 3.17. The third-order valence-corrected chi connectivity index (χ3v) is 7.16. The number of carboxylic acids is 1. The van der Waals surface area contributed by atoms with Gasteiger partial charge in [0, 0.05) is 0 Å². The molecule has 11 heteroatoms. The van der Waals surface area contributed by atoms with Crippen molar-refractivity contribution in [1.29, 1.82) is 0 Å². The number of carbonyl (C=O) groups is 2. The first-order chi connectivity index (χ1) is 17.7. The fourth-order valence-corrected chi connectivity index (χ4v) is 5.47. The van der Waals surface area contributed by atoms with Crippen LogP contribution in [0.15, 0.2) is 68.0 Å². The second-order valence-electron chi connectivity index (χ2n) is 7.95. The Labute approximate surface area is 224 Å². The Morgan fingerprint density at radius 3 is 2.57 bits per heavy atom. The maximum Gasteiger partial charge on any atom is 0.341 e. The minimum atomic E-state index is -1.08. The van der Waals surface area contributed by atoms with Crippen LogP contribution in [0.4, 0.5) is 0 Å². The standard InChI is InChI=1S/C26H23BrN2O7S/c1-4-35-25(33)22-14(2)28-26-29(23(22)16-6-8-17(34-3)9-7-16)24(32)20(37-26)12-15-5-10-19(18(27)11-15)36-13-21(30)31/h5-12,23H,4,13H2,1-3H3,(H,30,31)/b20-12+/t23-/m1/s1. The van der Waals surface area contributed by atoms with Crippen molar-refractivity contribution < 1.29 is 28.9 Å². The van der Waals surface area contributed by atoms with E-state index in [1.807, 2.05) is 12.1 Å². The van der Waals surface area contributed by atoms with Crippen LogP contribution in [0.3, 0.4) is 0 Å². The molecule has 0 saturated carbocycles. The van der Waals surface area contributed by atoms with E-state index in [1.54, 1.807) is 57.4 Å². The van der Waals surface area contributed by atoms with Crippen molar-refractivity contribution in [3.05, 3.63) is 89.0 Å². The Balaban J connectivity index is 1.83. The normalized spacial score (nSPS) is 15.1. The van der Waals surface area contributed by atoms with Crippen LogP contribution in [0, 0.1) is 0 Å². The Morgan fingerprint density at radius 1 is 1.22 bits per heavy atom. The molecule has 4 rings (SSSR count). The molecule has 0 saturated heterocycles. The summed E-state index contributed by atoms with van der Waals surface area (Å²) in [6.45, 7) is 3.18. The first-order valence-corrected chi connectivity index (χ1v) is 12.8. The van der Waals surface area contributed by atoms with E-state index in [0.29, 0.717) is 47.7 Å². The van der Waals surface area contributed by atoms with Gasteiger partial charge in [0.05, 0.1) is 40.0 Å². The van der Waals surface area contributed by atoms with Gasteiger partial charge in [0.25, 0.3) is 5.56 Å². The Bertz CT molecular complexity index is 1570. The number of aliphatic carboxylic acids is 1. The van der Waals surface area contributed by atoms with Gasteiger partial charge in [0.2, 0.25) is 0 Å². The third kappa shape index (κ3) is 5.52. The lowest BCUT2D eigenvalue weighted by molar-refractivity contribution is -0.140. The molecular weight excluding hydrogens is 564 g/mol. The third-order valence-electron chi connectivity index (χ3n) is 5.55. The van der Waals surface area contributed by atoms with Gasteiger partial charge in [-0.05, 0) is 71.2 Å². The lowest BCUT2D eigenvalue weighted by Gasteiger charge is -2.24. The molecule has 1 aromatic heterocycles. The molecule has 37 heavy (non-hydrogen) atoms. The number of ether oxygens (including phenoxy) is 3. The first-order valence-electron chi connectivity index (χ1n) is 11.2. The molecular formula is C26H23BrN2O7S. The summed E-state index contributed by atoms with van der Waals surface area (Å²) >= 11 is 4.59. The molecule has 1 N–H and O–H groups in total. The van der Waals surface area contributed by atoms with Gasteiger partial charge in [0.1, 0.15) is 11.5 Å². The van der Waals surface area contributed by atoms with E-state index in [0.717, 1.165) is 0 Å². The van der Waals surface area contributed by atoms with Crippen molar-refractivity contribution in [2.45, 2.75) is 19.9 Å². The zero-order chi connectivity index (χ0) is 26.7. The Kier molecular flexibility index (Phi) is 7.94. The molecule has 2 aromatic carbocycles. The molecule has 0 aliphatic carbocycles. The molecule has 2 heterocycles. The average molecular weight is 587 g/mol. The van der Waals surface area contributed by atoms with Gasteiger partial charge in [-0.15, -0.1) is 0 Å². The first kappa shape index (κ1) is 26.4. The molecule has 1 atom stereocenters. The number of benzene rings is 2. The second-order valence-corrected chi connectivity index (χ2v) is 9.81. The molecule has 0 unspecified atom stereocenters. The maximum absolute atomic E-state index is 13.7. The van der Waals surface area contributed by atoms with Crippen molar-refractivity contribution in [3.63, 3.8) is 0 Å². The lowest BCUT2D eigenvalue weighted by Crippen LogP contribution is -2.39. The van der Waals surface area contributed by atoms with E-state index < -0.39 is 24.6 Å². The largest absolute Gasteiger partial charge is 0.497 e. The van der Waals surface area contributed by atoms with Gasteiger partial charge in [-0.2, -0.15) is 0 Å². The molecule has 9 nitrogen and oxygen atoms in total. The zero-order valence-corrected chi connectivity index (χ0v) is 22.6. The fourth-order valence-electron chi connectivity index (χ4n) is 3.91. The maximum atomic E-state index is 13.7. The van der Waals surface area contributed by atoms with Crippen molar-refractivity contribution in [2.75, 3.05) is 20.3 Å². The van der Waals surface area contributed by atoms with Gasteiger partial charge in [-0.3, -0.25) is 9.36 Å². The number of carboxylic acid groups (broad SMARTS) is 1. The number of allylic oxidation sites excluding steroid dienone is 1. The smallest absolute Gasteiger partial charge is 0.341 e. The predicted molar refractivity (Wildman–Crippen MR) is 141 cm³/mol. The second kappa shape index (κ2) is 11.1. The fraction of sp³-hybridized carbons (Fsp3) is 0.231. The van der Waals surface area contributed by atoms with Crippen LogP contribution < -0.4 is 24.4 Å². The van der Waals surface area contributed by atoms with Crippen LogP contribution in [0.2, 0.25) is 0 Å². The van der Waals surface area contributed by atoms with Crippen molar-refractivity contribution in [2.24, 2.45) is 4.99 Å². The number of hydrogen-bond donors (Lipinski definition) is 1. The van der Waals surface area contributed by atoms with Crippen LogP contribution in [0.25, 0.3) is 6.08 Å². The van der Waals surface area contributed by atoms with Crippen molar-refractivity contribution >= 4 is 45.3 Å². The topological polar surface area (TPSA) is 116 Å². The number of halogens is 1. The van der Waals surface area contributed by atoms with Crippen LogP contribution in [-0.4, -0.2) is 41.9 Å². The van der Waals surface area contributed by atoms with Gasteiger partial charge < -0.3 is 19.3 Å². The van der Waals surface area contributed by atoms with E-state index in [9.17, 15) is 14.4 Å². The summed E-state index contributed by atoms with van der Waals surface area (Å²) in [7, 11) is 1.56. The van der Waals surface area contributed by atoms with Crippen LogP contribution in [0.1, 0.15) is 31.0 Å². The van der Waals surface area contributed by atoms with Crippen LogP contribution in [-0.2, 0) is 14.3 Å². The molecule has 3 aromatic rings. The van der Waals surface area contributed by atoms with Gasteiger partial charge in [-0.1, -0.05) is 29.5 Å². The summed E-state index contributed by atoms with van der Waals surface area (Å²) in [6.07, 6.45) is 1.71. The Hall–Kier alpha value is -3.70. The molecule has 1 aliphatic heterocycles. The summed E-state index contributed by atoms with van der Waals surface area (Å²) in [4.78, 5) is 42.4. The SMILES string of the molecule is CCOC(=O)C1=C(C)N=c2s/c(=C/c3ccc(OCC(=O)O)c(Br)c3)c(=O)n2[C@@H]1c1ccc(OC)cc1. The quantitative estimate of drug-likeness (QED) is 0.403. The molecule has 1 aliphatic rings. The number of nitrogens with zero attached hydrogens (tertiary/aromatic N) is 2. The van der Waals surface area contributed by atoms with Gasteiger partial charge in [-0.25, -0.2) is 14.6 Å². The molecule has 0 bridgehead atoms. The molecule has 0 spiro atoms. The van der Waals surface area contributed by atoms with Crippen LogP contribution in [0.5, 0.6) is 11.5 Å². The lowest BCUT2D eigenvalue weighted by atomic mass is 9.96. The highest BCUT2D eigenvalue weighted by Crippen LogP contribution is 2.31. The number of thiazole rings is 1. The number of carbonyl (C=O) groups excluding carboxylic acids is 1. The Morgan fingerprint density at radius 2 is 1.95 bits per heavy atom. The van der Waals surface area contributed by atoms with Crippen molar-refractivity contribution in [1.82, 2.24) is 4.57 Å². The minimum Gasteiger partial charge on any atom is -0.497 e. The van der Waals surface area contributed by atoms with Crippen molar-refractivity contribution in [3.8, 4) is 11.5 Å². The van der Waals surface area contributed by atoms with E-state index >= 15 is 0 Å². The monoisotopic (exact) mass is 586 g/mol. The number of hydrogen-bond acceptors (Lipinski definition) is 8. The number of rotatable bonds is 8. The van der Waals surface area contributed by atoms with E-state index in [2.05, 4.69) is 20.9 Å². The number of esters is 1. The zero-order valence-electron chi connectivity index (χ0n) is 20.2. The highest BCUT2D eigenvalue weighted by atomic mass is 79.9. The highest BCUT2D eigenvalue weighted by molar-refractivity contribution is 9.10. The van der Waals surface area contributed by atoms with Gasteiger partial charge in [0.15, 0.2) is 11.4 Å². The minimum absolute atomic E-state index is 0.191. The number of methoxy groups -OCH3 is 1. The summed E-state index contributed by atoms with van der Waals surface area (Å²) in [6, 6.07) is 11.5. The molecule has 0 radical (unpaired) electrons. The van der Waals surface area contributed by atoms with Gasteiger partial charge >= 0.3 is 11.9 Å². The van der Waals surface area contributed by atoms with Crippen LogP contribution >= 0.6 is 27.3 Å². The molecule has 0 amide bonds. The number of fused-ring (bicyclic) bond motifs is 1. The summed E-state index contributed by atoms with van der Waals surface area (Å²) in [5, 5.41) is 8.83. The summed E-state index contributed by atoms with van der Waals surface area (Å²) in [5.74, 6) is -0.591. The van der Waals surface area contributed by atoms with E-state index in [1.165, 1.54) is 15.9 Å². The number of aromatic nitrogens is 1. The highest BCUT2D eigenvalue weighted by Gasteiger charge is 2.33. The predicted octanol–water partition coefficient (Wildman–Crippen LogP) is 3.03. The molecule has 192 valence electrons. The molecule has 0 fully saturated rings. The summed E-state index contributed by atoms with van der Waals surface area (Å²) < 4.78 is 18.3.